The number of methoxy groups -OCH3 is 1. The maximum atomic E-state index is 5.98. The minimum Gasteiger partial charge on any atom is -0.495 e. The SMILES string of the molecule is CCNC(c1ncccc1OC)C(OCC)C1CC1. The average Bonchev–Trinajstić information content (AvgIpc) is 3.27. The number of nitrogens with one attached hydrogen (secondary N) is 1. The first kappa shape index (κ1) is 14.3. The van der Waals surface area contributed by atoms with Crippen molar-refractivity contribution in [2.24, 2.45) is 5.92 Å². The molecule has 4 nitrogen and oxygen atoms in total. The number of nitrogens with zero attached hydrogens (tertiary/aromatic N) is 1. The molecule has 19 heavy (non-hydrogen) atoms. The number of pyridine rings is 1. The second-order valence-corrected chi connectivity index (χ2v) is 4.88. The minimum atomic E-state index is 0.105. The molecule has 1 N–H and O–H groups in total. The summed E-state index contributed by atoms with van der Waals surface area (Å²) in [7, 11) is 1.69. The summed E-state index contributed by atoms with van der Waals surface area (Å²) in [6.45, 7) is 5.78. The zero-order valence-electron chi connectivity index (χ0n) is 12.1. The Balaban J connectivity index is 2.26. The van der Waals surface area contributed by atoms with Crippen molar-refractivity contribution in [2.75, 3.05) is 20.3 Å². The summed E-state index contributed by atoms with van der Waals surface area (Å²) in [6.07, 6.45) is 4.51. The van der Waals surface area contributed by atoms with Crippen LogP contribution in [0.15, 0.2) is 18.3 Å². The van der Waals surface area contributed by atoms with Crippen molar-refractivity contribution in [3.8, 4) is 5.75 Å². The van der Waals surface area contributed by atoms with E-state index in [4.69, 9.17) is 9.47 Å². The standard InChI is InChI=1S/C15H24N2O2/c1-4-16-14(15(19-5-2)11-8-9-11)13-12(18-3)7-6-10-17-13/h6-7,10-11,14-16H,4-5,8-9H2,1-3H3. The number of aromatic nitrogens is 1. The van der Waals surface area contributed by atoms with Gasteiger partial charge in [-0.15, -0.1) is 0 Å². The van der Waals surface area contributed by atoms with Gasteiger partial charge in [-0.3, -0.25) is 4.98 Å². The Morgan fingerprint density at radius 3 is 2.79 bits per heavy atom. The summed E-state index contributed by atoms with van der Waals surface area (Å²) in [5.41, 5.74) is 0.956. The molecule has 0 aliphatic heterocycles. The van der Waals surface area contributed by atoms with Crippen LogP contribution in [-0.4, -0.2) is 31.3 Å². The highest BCUT2D eigenvalue weighted by atomic mass is 16.5. The lowest BCUT2D eigenvalue weighted by Crippen LogP contribution is -2.36. The summed E-state index contributed by atoms with van der Waals surface area (Å²) in [6, 6.07) is 3.97. The van der Waals surface area contributed by atoms with Gasteiger partial charge in [-0.05, 0) is 44.4 Å². The predicted octanol–water partition coefficient (Wildman–Crippen LogP) is 2.56. The van der Waals surface area contributed by atoms with Crippen molar-refractivity contribution in [1.82, 2.24) is 10.3 Å². The number of likely N-dealkylation sites (N-methyl/N-ethyl adjacent to an activating group) is 1. The molecule has 0 spiro atoms. The number of hydrogen-bond donors (Lipinski definition) is 1. The molecule has 1 aromatic heterocycles. The van der Waals surface area contributed by atoms with Crippen LogP contribution in [-0.2, 0) is 4.74 Å². The Labute approximate surface area is 115 Å². The molecule has 106 valence electrons. The number of rotatable bonds is 8. The Morgan fingerprint density at radius 1 is 1.42 bits per heavy atom. The molecule has 1 aromatic rings. The molecule has 0 aromatic carbocycles. The predicted molar refractivity (Wildman–Crippen MR) is 75.3 cm³/mol. The van der Waals surface area contributed by atoms with Gasteiger partial charge < -0.3 is 14.8 Å². The number of hydrogen-bond acceptors (Lipinski definition) is 4. The second kappa shape index (κ2) is 6.87. The van der Waals surface area contributed by atoms with Crippen molar-refractivity contribution in [3.63, 3.8) is 0 Å². The van der Waals surface area contributed by atoms with Crippen LogP contribution < -0.4 is 10.1 Å². The van der Waals surface area contributed by atoms with E-state index in [9.17, 15) is 0 Å². The van der Waals surface area contributed by atoms with Crippen molar-refractivity contribution in [2.45, 2.75) is 38.8 Å². The summed E-state index contributed by atoms with van der Waals surface area (Å²) in [4.78, 5) is 4.51. The first-order chi connectivity index (χ1) is 9.31. The molecule has 1 saturated carbocycles. The zero-order valence-corrected chi connectivity index (χ0v) is 12.1. The highest BCUT2D eigenvalue weighted by molar-refractivity contribution is 5.30. The molecule has 0 radical (unpaired) electrons. The first-order valence-corrected chi connectivity index (χ1v) is 7.15. The zero-order chi connectivity index (χ0) is 13.7. The monoisotopic (exact) mass is 264 g/mol. The van der Waals surface area contributed by atoms with E-state index in [0.717, 1.165) is 24.6 Å². The van der Waals surface area contributed by atoms with Gasteiger partial charge in [-0.1, -0.05) is 6.92 Å². The molecule has 2 unspecified atom stereocenters. The van der Waals surface area contributed by atoms with Crippen LogP contribution in [0.2, 0.25) is 0 Å². The molecule has 1 heterocycles. The van der Waals surface area contributed by atoms with Crippen LogP contribution in [0, 0.1) is 5.92 Å². The van der Waals surface area contributed by atoms with Gasteiger partial charge in [0.1, 0.15) is 11.4 Å². The lowest BCUT2D eigenvalue weighted by molar-refractivity contribution is 0.0173. The van der Waals surface area contributed by atoms with Gasteiger partial charge in [0.2, 0.25) is 0 Å². The summed E-state index contributed by atoms with van der Waals surface area (Å²) < 4.78 is 11.4. The summed E-state index contributed by atoms with van der Waals surface area (Å²) >= 11 is 0. The van der Waals surface area contributed by atoms with Gasteiger partial charge in [0.25, 0.3) is 0 Å². The fourth-order valence-corrected chi connectivity index (χ4v) is 2.52. The van der Waals surface area contributed by atoms with Crippen molar-refractivity contribution in [1.29, 1.82) is 0 Å². The van der Waals surface area contributed by atoms with E-state index in [0.29, 0.717) is 5.92 Å². The lowest BCUT2D eigenvalue weighted by Gasteiger charge is -2.28. The Bertz CT molecular complexity index is 393. The topological polar surface area (TPSA) is 43.4 Å². The van der Waals surface area contributed by atoms with E-state index in [1.807, 2.05) is 25.3 Å². The third kappa shape index (κ3) is 3.45. The maximum absolute atomic E-state index is 5.98. The molecule has 1 aliphatic carbocycles. The molecule has 0 bridgehead atoms. The van der Waals surface area contributed by atoms with Crippen molar-refractivity contribution >= 4 is 0 Å². The van der Waals surface area contributed by atoms with E-state index in [1.54, 1.807) is 7.11 Å². The van der Waals surface area contributed by atoms with Crippen LogP contribution in [0.25, 0.3) is 0 Å². The fraction of sp³-hybridized carbons (Fsp3) is 0.667. The van der Waals surface area contributed by atoms with Gasteiger partial charge in [0.15, 0.2) is 0 Å². The fourth-order valence-electron chi connectivity index (χ4n) is 2.52. The second-order valence-electron chi connectivity index (χ2n) is 4.88. The van der Waals surface area contributed by atoms with Crippen LogP contribution in [0.1, 0.15) is 38.4 Å². The van der Waals surface area contributed by atoms with Gasteiger partial charge in [0.05, 0.1) is 19.3 Å². The van der Waals surface area contributed by atoms with Gasteiger partial charge >= 0.3 is 0 Å². The van der Waals surface area contributed by atoms with Crippen LogP contribution in [0.4, 0.5) is 0 Å². The quantitative estimate of drug-likeness (QED) is 0.783. The molecule has 2 rings (SSSR count). The maximum Gasteiger partial charge on any atom is 0.142 e. The van der Waals surface area contributed by atoms with E-state index >= 15 is 0 Å². The number of ether oxygens (including phenoxy) is 2. The molecular weight excluding hydrogens is 240 g/mol. The van der Waals surface area contributed by atoms with E-state index in [2.05, 4.69) is 17.2 Å². The molecule has 1 aliphatic rings. The molecule has 1 fully saturated rings. The van der Waals surface area contributed by atoms with E-state index < -0.39 is 0 Å². The van der Waals surface area contributed by atoms with Gasteiger partial charge in [-0.2, -0.15) is 0 Å². The molecule has 4 heteroatoms. The highest BCUT2D eigenvalue weighted by Gasteiger charge is 2.39. The van der Waals surface area contributed by atoms with Crippen LogP contribution in [0.5, 0.6) is 5.75 Å². The van der Waals surface area contributed by atoms with E-state index in [-0.39, 0.29) is 12.1 Å². The summed E-state index contributed by atoms with van der Waals surface area (Å²) in [5, 5.41) is 3.51. The normalized spacial score (nSPS) is 18.1. The minimum absolute atomic E-state index is 0.105. The first-order valence-electron chi connectivity index (χ1n) is 7.15. The summed E-state index contributed by atoms with van der Waals surface area (Å²) in [5.74, 6) is 1.48. The van der Waals surface area contributed by atoms with Crippen LogP contribution in [0.3, 0.4) is 0 Å². The third-order valence-electron chi connectivity index (χ3n) is 3.51. The largest absolute Gasteiger partial charge is 0.495 e. The molecule has 0 amide bonds. The molecule has 0 saturated heterocycles. The lowest BCUT2D eigenvalue weighted by atomic mass is 10.0. The smallest absolute Gasteiger partial charge is 0.142 e. The van der Waals surface area contributed by atoms with Gasteiger partial charge in [0, 0.05) is 12.8 Å². The molecular formula is C15H24N2O2. The average molecular weight is 264 g/mol. The van der Waals surface area contributed by atoms with Crippen LogP contribution >= 0.6 is 0 Å². The highest BCUT2D eigenvalue weighted by Crippen LogP contribution is 2.41. The molecule has 2 atom stereocenters. The Morgan fingerprint density at radius 2 is 2.21 bits per heavy atom. The Hall–Kier alpha value is -1.13. The van der Waals surface area contributed by atoms with Gasteiger partial charge in [-0.25, -0.2) is 0 Å². The van der Waals surface area contributed by atoms with E-state index in [1.165, 1.54) is 12.8 Å². The van der Waals surface area contributed by atoms with Crippen molar-refractivity contribution in [3.05, 3.63) is 24.0 Å². The van der Waals surface area contributed by atoms with Crippen molar-refractivity contribution < 1.29 is 9.47 Å². The Kier molecular flexibility index (Phi) is 5.16. The third-order valence-corrected chi connectivity index (χ3v) is 3.51.